The lowest BCUT2D eigenvalue weighted by atomic mass is 9.93. The molecule has 3 atom stereocenters. The fourth-order valence-electron chi connectivity index (χ4n) is 2.62. The van der Waals surface area contributed by atoms with E-state index < -0.39 is 5.97 Å². The third-order valence-corrected chi connectivity index (χ3v) is 4.83. The number of halogens is 1. The predicted molar refractivity (Wildman–Crippen MR) is 75.7 cm³/mol. The molecule has 1 saturated carbocycles. The van der Waals surface area contributed by atoms with Gasteiger partial charge in [0.25, 0.3) is 0 Å². The molecule has 1 aromatic carbocycles. The Kier molecular flexibility index (Phi) is 3.81. The van der Waals surface area contributed by atoms with Gasteiger partial charge in [-0.05, 0) is 61.3 Å². The van der Waals surface area contributed by atoms with Crippen LogP contribution in [-0.2, 0) is 11.2 Å². The predicted octanol–water partition coefficient (Wildman–Crippen LogP) is 3.97. The average molecular weight is 311 g/mol. The van der Waals surface area contributed by atoms with E-state index in [1.807, 2.05) is 0 Å². The topological polar surface area (TPSA) is 37.3 Å². The Labute approximate surface area is 117 Å². The minimum atomic E-state index is -0.633. The number of aliphatic carboxylic acids is 1. The van der Waals surface area contributed by atoms with Crippen LogP contribution in [-0.4, -0.2) is 11.1 Å². The molecule has 0 heterocycles. The second kappa shape index (κ2) is 5.04. The average Bonchev–Trinajstić information content (AvgIpc) is 3.05. The van der Waals surface area contributed by atoms with Gasteiger partial charge in [0.05, 0.1) is 5.92 Å². The summed E-state index contributed by atoms with van der Waals surface area (Å²) in [6.07, 6.45) is 1.80. The SMILES string of the molecule is Cc1cc(Br)c(CC(C)C2CC2C(=O)O)cc1C. The molecule has 98 valence electrons. The molecular weight excluding hydrogens is 292 g/mol. The van der Waals surface area contributed by atoms with Gasteiger partial charge in [0, 0.05) is 4.47 Å². The first-order chi connectivity index (χ1) is 8.40. The molecule has 3 heteroatoms. The summed E-state index contributed by atoms with van der Waals surface area (Å²) in [4.78, 5) is 10.9. The second-order valence-electron chi connectivity index (χ2n) is 5.55. The third-order valence-electron chi connectivity index (χ3n) is 4.09. The number of aryl methyl sites for hydroxylation is 2. The molecule has 3 unspecified atom stereocenters. The largest absolute Gasteiger partial charge is 0.481 e. The van der Waals surface area contributed by atoms with Gasteiger partial charge in [0.15, 0.2) is 0 Å². The maximum absolute atomic E-state index is 10.9. The molecule has 0 aliphatic heterocycles. The number of rotatable bonds is 4. The smallest absolute Gasteiger partial charge is 0.306 e. The molecule has 1 N–H and O–H groups in total. The molecule has 0 bridgehead atoms. The summed E-state index contributed by atoms with van der Waals surface area (Å²) in [5, 5.41) is 8.96. The van der Waals surface area contributed by atoms with Crippen LogP contribution >= 0.6 is 15.9 Å². The highest BCUT2D eigenvalue weighted by Crippen LogP contribution is 2.45. The zero-order chi connectivity index (χ0) is 13.4. The van der Waals surface area contributed by atoms with Crippen molar-refractivity contribution in [2.45, 2.75) is 33.6 Å². The van der Waals surface area contributed by atoms with Crippen molar-refractivity contribution >= 4 is 21.9 Å². The van der Waals surface area contributed by atoms with Crippen LogP contribution in [0, 0.1) is 31.6 Å². The van der Waals surface area contributed by atoms with Gasteiger partial charge in [-0.3, -0.25) is 4.79 Å². The number of carboxylic acid groups (broad SMARTS) is 1. The van der Waals surface area contributed by atoms with Gasteiger partial charge in [-0.15, -0.1) is 0 Å². The number of carbonyl (C=O) groups is 1. The Morgan fingerprint density at radius 3 is 2.61 bits per heavy atom. The molecule has 0 aromatic heterocycles. The Balaban J connectivity index is 2.06. The molecule has 2 nitrogen and oxygen atoms in total. The maximum Gasteiger partial charge on any atom is 0.306 e. The van der Waals surface area contributed by atoms with E-state index in [9.17, 15) is 4.79 Å². The van der Waals surface area contributed by atoms with Crippen LogP contribution in [0.1, 0.15) is 30.0 Å². The Bertz CT molecular complexity index is 482. The van der Waals surface area contributed by atoms with E-state index in [1.54, 1.807) is 0 Å². The normalized spacial score (nSPS) is 23.8. The summed E-state index contributed by atoms with van der Waals surface area (Å²) in [6, 6.07) is 4.37. The van der Waals surface area contributed by atoms with Crippen molar-refractivity contribution in [2.75, 3.05) is 0 Å². The van der Waals surface area contributed by atoms with Crippen LogP contribution in [0.3, 0.4) is 0 Å². The van der Waals surface area contributed by atoms with Gasteiger partial charge in [-0.2, -0.15) is 0 Å². The Morgan fingerprint density at radius 1 is 1.44 bits per heavy atom. The highest BCUT2D eigenvalue weighted by atomic mass is 79.9. The monoisotopic (exact) mass is 310 g/mol. The van der Waals surface area contributed by atoms with Gasteiger partial charge in [0.1, 0.15) is 0 Å². The van der Waals surface area contributed by atoms with Gasteiger partial charge >= 0.3 is 5.97 Å². The summed E-state index contributed by atoms with van der Waals surface area (Å²) >= 11 is 3.61. The van der Waals surface area contributed by atoms with E-state index >= 15 is 0 Å². The molecule has 0 saturated heterocycles. The number of benzene rings is 1. The fourth-order valence-corrected chi connectivity index (χ4v) is 3.24. The van der Waals surface area contributed by atoms with Crippen LogP contribution in [0.4, 0.5) is 0 Å². The molecule has 18 heavy (non-hydrogen) atoms. The molecular formula is C15H19BrO2. The first-order valence-electron chi connectivity index (χ1n) is 6.38. The lowest BCUT2D eigenvalue weighted by Gasteiger charge is -2.14. The Morgan fingerprint density at radius 2 is 2.06 bits per heavy atom. The van der Waals surface area contributed by atoms with Gasteiger partial charge in [0.2, 0.25) is 0 Å². The van der Waals surface area contributed by atoms with Gasteiger partial charge < -0.3 is 5.11 Å². The number of carboxylic acids is 1. The molecule has 1 aromatic rings. The van der Waals surface area contributed by atoms with Gasteiger partial charge in [-0.25, -0.2) is 0 Å². The summed E-state index contributed by atoms with van der Waals surface area (Å²) in [5.41, 5.74) is 3.88. The summed E-state index contributed by atoms with van der Waals surface area (Å²) < 4.78 is 1.14. The minimum Gasteiger partial charge on any atom is -0.481 e. The molecule has 2 rings (SSSR count). The number of hydrogen-bond donors (Lipinski definition) is 1. The standard InChI is InChI=1S/C15H19BrO2/c1-8-4-11(14(16)6-9(8)2)5-10(3)12-7-13(12)15(17)18/h4,6,10,12-13H,5,7H2,1-3H3,(H,17,18). The molecule has 1 aliphatic rings. The van der Waals surface area contributed by atoms with E-state index in [0.29, 0.717) is 11.8 Å². The fraction of sp³-hybridized carbons (Fsp3) is 0.533. The third kappa shape index (κ3) is 2.77. The van der Waals surface area contributed by atoms with E-state index in [0.717, 1.165) is 17.3 Å². The van der Waals surface area contributed by atoms with Crippen LogP contribution in [0.15, 0.2) is 16.6 Å². The van der Waals surface area contributed by atoms with Crippen molar-refractivity contribution in [1.29, 1.82) is 0 Å². The van der Waals surface area contributed by atoms with E-state index in [4.69, 9.17) is 5.11 Å². The lowest BCUT2D eigenvalue weighted by Crippen LogP contribution is -2.08. The van der Waals surface area contributed by atoms with E-state index in [-0.39, 0.29) is 5.92 Å². The zero-order valence-electron chi connectivity index (χ0n) is 11.0. The van der Waals surface area contributed by atoms with Crippen molar-refractivity contribution < 1.29 is 9.90 Å². The van der Waals surface area contributed by atoms with Crippen molar-refractivity contribution in [2.24, 2.45) is 17.8 Å². The maximum atomic E-state index is 10.9. The van der Waals surface area contributed by atoms with Crippen molar-refractivity contribution in [3.63, 3.8) is 0 Å². The van der Waals surface area contributed by atoms with Crippen molar-refractivity contribution in [3.8, 4) is 0 Å². The van der Waals surface area contributed by atoms with Crippen molar-refractivity contribution in [1.82, 2.24) is 0 Å². The molecule has 0 amide bonds. The number of hydrogen-bond acceptors (Lipinski definition) is 1. The lowest BCUT2D eigenvalue weighted by molar-refractivity contribution is -0.139. The summed E-state index contributed by atoms with van der Waals surface area (Å²) in [5.74, 6) is 0.0526. The zero-order valence-corrected chi connectivity index (χ0v) is 12.6. The summed E-state index contributed by atoms with van der Waals surface area (Å²) in [6.45, 7) is 6.39. The minimum absolute atomic E-state index is 0.106. The molecule has 1 fully saturated rings. The first kappa shape index (κ1) is 13.6. The van der Waals surface area contributed by atoms with Crippen LogP contribution in [0.2, 0.25) is 0 Å². The van der Waals surface area contributed by atoms with Crippen LogP contribution in [0.25, 0.3) is 0 Å². The van der Waals surface area contributed by atoms with Gasteiger partial charge in [-0.1, -0.05) is 28.9 Å². The second-order valence-corrected chi connectivity index (χ2v) is 6.41. The highest BCUT2D eigenvalue weighted by Gasteiger charge is 2.46. The van der Waals surface area contributed by atoms with Crippen LogP contribution in [0.5, 0.6) is 0 Å². The van der Waals surface area contributed by atoms with E-state index in [2.05, 4.69) is 48.8 Å². The molecule has 1 aliphatic carbocycles. The molecule has 0 spiro atoms. The van der Waals surface area contributed by atoms with Crippen LogP contribution < -0.4 is 0 Å². The first-order valence-corrected chi connectivity index (χ1v) is 7.18. The Hall–Kier alpha value is -0.830. The van der Waals surface area contributed by atoms with E-state index in [1.165, 1.54) is 16.7 Å². The van der Waals surface area contributed by atoms with Crippen molar-refractivity contribution in [3.05, 3.63) is 33.3 Å². The highest BCUT2D eigenvalue weighted by molar-refractivity contribution is 9.10. The molecule has 0 radical (unpaired) electrons. The summed E-state index contributed by atoms with van der Waals surface area (Å²) in [7, 11) is 0. The quantitative estimate of drug-likeness (QED) is 0.913.